The topological polar surface area (TPSA) is 135 Å². The first kappa shape index (κ1) is 27.8. The van der Waals surface area contributed by atoms with Gasteiger partial charge in [-0.3, -0.25) is 19.2 Å². The quantitative estimate of drug-likeness (QED) is 0.399. The number of ether oxygens (including phenoxy) is 5. The van der Waals surface area contributed by atoms with Crippen LogP contribution in [0.1, 0.15) is 55.4 Å². The fourth-order valence-corrected chi connectivity index (χ4v) is 2.52. The Bertz CT molecular complexity index is 668. The molecule has 0 bridgehead atoms. The van der Waals surface area contributed by atoms with Crippen LogP contribution in [-0.4, -0.2) is 66.3 Å². The summed E-state index contributed by atoms with van der Waals surface area (Å²) in [5.41, 5.74) is 0. The first-order valence-corrected chi connectivity index (χ1v) is 10.9. The largest absolute Gasteiger partial charge is 0.463 e. The zero-order valence-corrected chi connectivity index (χ0v) is 20.0. The lowest BCUT2D eigenvalue weighted by Crippen LogP contribution is -2.62. The van der Waals surface area contributed by atoms with Gasteiger partial charge in [0, 0.05) is 0 Å². The molecule has 0 aromatic carbocycles. The van der Waals surface area contributed by atoms with Crippen molar-refractivity contribution < 1.29 is 48.0 Å². The third-order valence-electron chi connectivity index (χ3n) is 4.63. The average Bonchev–Trinajstić information content (AvgIpc) is 2.70. The van der Waals surface area contributed by atoms with Crippen molar-refractivity contribution >= 4 is 23.9 Å². The van der Waals surface area contributed by atoms with Gasteiger partial charge < -0.3 is 28.8 Å². The fraction of sp³-hybridized carbons (Fsp3) is 0.818. The monoisotopic (exact) mass is 460 g/mol. The van der Waals surface area contributed by atoms with Crippen LogP contribution in [0.3, 0.4) is 0 Å². The lowest BCUT2D eigenvalue weighted by atomic mass is 9.98. The summed E-state index contributed by atoms with van der Waals surface area (Å²) in [5, 5.41) is 11.0. The van der Waals surface area contributed by atoms with Crippen LogP contribution in [0.5, 0.6) is 0 Å². The number of hydrogen-bond donors (Lipinski definition) is 1. The van der Waals surface area contributed by atoms with Gasteiger partial charge in [-0.05, 0) is 0 Å². The molecule has 0 aliphatic carbocycles. The van der Waals surface area contributed by atoms with E-state index in [9.17, 15) is 24.3 Å². The Morgan fingerprint density at radius 1 is 0.688 bits per heavy atom. The lowest BCUT2D eigenvalue weighted by Gasteiger charge is -2.43. The third kappa shape index (κ3) is 7.74. The van der Waals surface area contributed by atoms with E-state index in [2.05, 4.69) is 0 Å². The Labute approximate surface area is 188 Å². The zero-order valence-electron chi connectivity index (χ0n) is 20.0. The molecule has 10 heteroatoms. The molecule has 0 aromatic rings. The van der Waals surface area contributed by atoms with Crippen molar-refractivity contribution in [2.75, 3.05) is 6.61 Å². The number of carbonyl (C=O) groups is 4. The van der Waals surface area contributed by atoms with E-state index in [0.717, 1.165) is 0 Å². The van der Waals surface area contributed by atoms with Gasteiger partial charge in [-0.1, -0.05) is 55.4 Å². The minimum Gasteiger partial charge on any atom is -0.463 e. The van der Waals surface area contributed by atoms with Crippen molar-refractivity contribution in [3.05, 3.63) is 0 Å². The zero-order chi connectivity index (χ0) is 24.7. The van der Waals surface area contributed by atoms with Gasteiger partial charge in [0.2, 0.25) is 6.29 Å². The van der Waals surface area contributed by atoms with Crippen LogP contribution < -0.4 is 0 Å². The first-order valence-electron chi connectivity index (χ1n) is 10.9. The Hall–Kier alpha value is -2.20. The van der Waals surface area contributed by atoms with Crippen LogP contribution in [0.2, 0.25) is 0 Å². The lowest BCUT2D eigenvalue weighted by molar-refractivity contribution is -0.301. The summed E-state index contributed by atoms with van der Waals surface area (Å²) < 4.78 is 27.0. The van der Waals surface area contributed by atoms with Crippen LogP contribution in [0, 0.1) is 23.7 Å². The molecule has 10 nitrogen and oxygen atoms in total. The molecule has 184 valence electrons. The minimum absolute atomic E-state index is 0.370. The molecule has 1 fully saturated rings. The van der Waals surface area contributed by atoms with E-state index in [1.807, 2.05) is 0 Å². The van der Waals surface area contributed by atoms with Crippen molar-refractivity contribution in [1.29, 1.82) is 0 Å². The molecule has 0 unspecified atom stereocenters. The molecular weight excluding hydrogens is 424 g/mol. The van der Waals surface area contributed by atoms with Crippen LogP contribution >= 0.6 is 0 Å². The maximum atomic E-state index is 12.2. The van der Waals surface area contributed by atoms with Gasteiger partial charge in [0.05, 0.1) is 23.7 Å². The molecule has 1 aliphatic rings. The van der Waals surface area contributed by atoms with Gasteiger partial charge in [0.15, 0.2) is 12.2 Å². The van der Waals surface area contributed by atoms with E-state index in [0.29, 0.717) is 0 Å². The summed E-state index contributed by atoms with van der Waals surface area (Å²) in [6, 6.07) is 0. The van der Waals surface area contributed by atoms with Gasteiger partial charge >= 0.3 is 23.9 Å². The predicted octanol–water partition coefficient (Wildman–Crippen LogP) is 1.61. The molecule has 1 aliphatic heterocycles. The second kappa shape index (κ2) is 12.2. The van der Waals surface area contributed by atoms with E-state index in [1.165, 1.54) is 0 Å². The molecule has 0 radical (unpaired) electrons. The fourth-order valence-electron chi connectivity index (χ4n) is 2.52. The number of carbonyl (C=O) groups excluding carboxylic acids is 4. The van der Waals surface area contributed by atoms with Crippen molar-refractivity contribution in [3.8, 4) is 0 Å². The molecule has 1 rings (SSSR count). The highest BCUT2D eigenvalue weighted by Crippen LogP contribution is 2.29. The molecule has 1 saturated heterocycles. The second-order valence-electron chi connectivity index (χ2n) is 9.02. The molecular formula is C22H36O10. The maximum Gasteiger partial charge on any atom is 0.310 e. The van der Waals surface area contributed by atoms with E-state index in [1.54, 1.807) is 55.4 Å². The van der Waals surface area contributed by atoms with E-state index in [4.69, 9.17) is 23.7 Å². The summed E-state index contributed by atoms with van der Waals surface area (Å²) in [5.74, 6) is -4.48. The van der Waals surface area contributed by atoms with Crippen molar-refractivity contribution in [1.82, 2.24) is 0 Å². The molecule has 0 saturated carbocycles. The molecule has 5 atom stereocenters. The molecule has 0 spiro atoms. The standard InChI is InChI=1S/C22H36O10/c1-10(2)18(24)28-9-14-16(30-19(25)11(3)4)15(23)17(31-20(26)12(5)6)22(29-14)32-21(27)13(7)8/h10-17,22-23H,9H2,1-8H3/t14-,15+,16-,17-,22+/m1/s1. The smallest absolute Gasteiger partial charge is 0.310 e. The number of aliphatic hydroxyl groups excluding tert-OH is 1. The highest BCUT2D eigenvalue weighted by molar-refractivity contribution is 5.73. The van der Waals surface area contributed by atoms with Crippen molar-refractivity contribution in [3.63, 3.8) is 0 Å². The van der Waals surface area contributed by atoms with E-state index >= 15 is 0 Å². The van der Waals surface area contributed by atoms with Crippen LogP contribution in [0.15, 0.2) is 0 Å². The Balaban J connectivity index is 3.24. The number of rotatable bonds is 9. The van der Waals surface area contributed by atoms with E-state index in [-0.39, 0.29) is 6.61 Å². The molecule has 0 aromatic heterocycles. The van der Waals surface area contributed by atoms with Crippen molar-refractivity contribution in [2.45, 2.75) is 86.1 Å². The molecule has 1 heterocycles. The van der Waals surface area contributed by atoms with Crippen LogP contribution in [0.4, 0.5) is 0 Å². The van der Waals surface area contributed by atoms with Gasteiger partial charge in [0.25, 0.3) is 0 Å². The van der Waals surface area contributed by atoms with Crippen LogP contribution in [-0.2, 0) is 42.9 Å². The number of hydrogen-bond acceptors (Lipinski definition) is 10. The van der Waals surface area contributed by atoms with Gasteiger partial charge in [-0.15, -0.1) is 0 Å². The summed E-state index contributed by atoms with van der Waals surface area (Å²) in [6.45, 7) is 12.5. The highest BCUT2D eigenvalue weighted by Gasteiger charge is 2.52. The summed E-state index contributed by atoms with van der Waals surface area (Å²) in [7, 11) is 0. The Kier molecular flexibility index (Phi) is 10.6. The molecule has 0 amide bonds. The van der Waals surface area contributed by atoms with Gasteiger partial charge in [0.1, 0.15) is 18.8 Å². The predicted molar refractivity (Wildman–Crippen MR) is 111 cm³/mol. The highest BCUT2D eigenvalue weighted by atomic mass is 16.7. The average molecular weight is 461 g/mol. The van der Waals surface area contributed by atoms with Crippen molar-refractivity contribution in [2.24, 2.45) is 23.7 Å². The van der Waals surface area contributed by atoms with Gasteiger partial charge in [-0.2, -0.15) is 0 Å². The number of esters is 4. The molecule has 32 heavy (non-hydrogen) atoms. The summed E-state index contributed by atoms with van der Waals surface area (Å²) >= 11 is 0. The normalized spacial score (nSPS) is 25.7. The molecule has 1 N–H and O–H groups in total. The van der Waals surface area contributed by atoms with Gasteiger partial charge in [-0.25, -0.2) is 0 Å². The second-order valence-corrected chi connectivity index (χ2v) is 9.02. The Morgan fingerprint density at radius 3 is 1.53 bits per heavy atom. The summed E-state index contributed by atoms with van der Waals surface area (Å²) in [4.78, 5) is 48.6. The number of aliphatic hydroxyl groups is 1. The van der Waals surface area contributed by atoms with E-state index < -0.39 is 78.3 Å². The SMILES string of the molecule is CC(C)C(=O)OC[C@H]1O[C@@H](OC(=O)C(C)C)[C@H](OC(=O)C(C)C)[C@@H](O)[C@@H]1OC(=O)C(C)C. The van der Waals surface area contributed by atoms with Crippen LogP contribution in [0.25, 0.3) is 0 Å². The maximum absolute atomic E-state index is 12.2. The summed E-state index contributed by atoms with van der Waals surface area (Å²) in [6.07, 6.45) is -7.02. The first-order chi connectivity index (χ1) is 14.8. The Morgan fingerprint density at radius 2 is 1.09 bits per heavy atom. The minimum atomic E-state index is -1.60. The third-order valence-corrected chi connectivity index (χ3v) is 4.63.